The van der Waals surface area contributed by atoms with Crippen LogP contribution >= 0.6 is 11.6 Å². The fourth-order valence-corrected chi connectivity index (χ4v) is 3.30. The van der Waals surface area contributed by atoms with Crippen molar-refractivity contribution in [3.8, 4) is 0 Å². The molecule has 0 bridgehead atoms. The molecule has 0 spiro atoms. The van der Waals surface area contributed by atoms with Gasteiger partial charge in [0.25, 0.3) is 0 Å². The summed E-state index contributed by atoms with van der Waals surface area (Å²) in [4.78, 5) is 12.4. The number of carbonyl (C=O) groups excluding carboxylic acids is 1. The van der Waals surface area contributed by atoms with Crippen LogP contribution in [0.2, 0.25) is 5.02 Å². The van der Waals surface area contributed by atoms with Crippen LogP contribution < -0.4 is 17.1 Å². The standard InChI is InChI=1S/C16H21ClN4O2/c17-13-6-9(3-4-11(13)15(23)8-1-2-8)14(22)7-10-5-12(10)16(20-18)21-19/h3-4,6,8,10,12,15,23H,1-2,5,7,18-19H2,(H,20,21)/t10-,12+,15?/m1/s1. The van der Waals surface area contributed by atoms with Crippen LogP contribution in [0.1, 0.15) is 47.7 Å². The van der Waals surface area contributed by atoms with Crippen molar-refractivity contribution in [1.29, 1.82) is 0 Å². The number of halogens is 1. The molecule has 2 aliphatic carbocycles. The Morgan fingerprint density at radius 3 is 2.78 bits per heavy atom. The Balaban J connectivity index is 1.63. The number of hydrazone groups is 1. The van der Waals surface area contributed by atoms with Crippen LogP contribution in [0, 0.1) is 17.8 Å². The normalized spacial score (nSPS) is 25.1. The number of Topliss-reactive ketones (excluding diaryl/α,β-unsaturated/α-hetero) is 1. The van der Waals surface area contributed by atoms with E-state index in [9.17, 15) is 9.90 Å². The molecule has 0 saturated heterocycles. The summed E-state index contributed by atoms with van der Waals surface area (Å²) >= 11 is 6.24. The van der Waals surface area contributed by atoms with Gasteiger partial charge >= 0.3 is 0 Å². The van der Waals surface area contributed by atoms with Crippen LogP contribution in [0.4, 0.5) is 0 Å². The number of hydrogen-bond donors (Lipinski definition) is 4. The highest BCUT2D eigenvalue weighted by Crippen LogP contribution is 2.44. The first-order valence-corrected chi connectivity index (χ1v) is 8.18. The molecule has 1 aromatic rings. The molecule has 2 aliphatic rings. The third kappa shape index (κ3) is 3.49. The smallest absolute Gasteiger partial charge is 0.163 e. The number of hydrogen-bond acceptors (Lipinski definition) is 5. The first-order chi connectivity index (χ1) is 11.0. The Bertz CT molecular complexity index is 645. The molecule has 6 N–H and O–H groups in total. The van der Waals surface area contributed by atoms with E-state index >= 15 is 0 Å². The zero-order chi connectivity index (χ0) is 16.6. The van der Waals surface area contributed by atoms with Gasteiger partial charge < -0.3 is 16.4 Å². The predicted molar refractivity (Wildman–Crippen MR) is 88.6 cm³/mol. The first-order valence-electron chi connectivity index (χ1n) is 7.80. The van der Waals surface area contributed by atoms with Crippen LogP contribution in [0.25, 0.3) is 0 Å². The second kappa shape index (κ2) is 6.47. The maximum Gasteiger partial charge on any atom is 0.163 e. The van der Waals surface area contributed by atoms with E-state index in [-0.39, 0.29) is 17.6 Å². The van der Waals surface area contributed by atoms with Crippen LogP contribution in [0.5, 0.6) is 0 Å². The van der Waals surface area contributed by atoms with E-state index < -0.39 is 6.10 Å². The molecule has 0 heterocycles. The van der Waals surface area contributed by atoms with E-state index in [1.165, 1.54) is 0 Å². The number of amidine groups is 1. The number of nitrogens with two attached hydrogens (primary N) is 2. The second-order valence-electron chi connectivity index (χ2n) is 6.41. The monoisotopic (exact) mass is 336 g/mol. The largest absolute Gasteiger partial charge is 0.388 e. The van der Waals surface area contributed by atoms with Crippen molar-refractivity contribution in [3.05, 3.63) is 34.3 Å². The van der Waals surface area contributed by atoms with Crippen molar-refractivity contribution in [1.82, 2.24) is 5.43 Å². The van der Waals surface area contributed by atoms with Gasteiger partial charge in [-0.15, -0.1) is 0 Å². The lowest BCUT2D eigenvalue weighted by Gasteiger charge is -2.12. The van der Waals surface area contributed by atoms with Crippen molar-refractivity contribution in [3.63, 3.8) is 0 Å². The summed E-state index contributed by atoms with van der Waals surface area (Å²) in [5.41, 5.74) is 3.74. The summed E-state index contributed by atoms with van der Waals surface area (Å²) in [6, 6.07) is 5.16. The topological polar surface area (TPSA) is 114 Å². The molecule has 124 valence electrons. The average Bonchev–Trinajstić information content (AvgIpc) is 3.43. The van der Waals surface area contributed by atoms with E-state index in [1.807, 2.05) is 0 Å². The maximum absolute atomic E-state index is 12.4. The highest BCUT2D eigenvalue weighted by molar-refractivity contribution is 6.31. The van der Waals surface area contributed by atoms with Gasteiger partial charge in [0.05, 0.1) is 6.10 Å². The summed E-state index contributed by atoms with van der Waals surface area (Å²) in [5.74, 6) is 11.8. The Kier molecular flexibility index (Phi) is 4.57. The van der Waals surface area contributed by atoms with Crippen molar-refractivity contribution in [2.75, 3.05) is 0 Å². The van der Waals surface area contributed by atoms with E-state index in [0.717, 1.165) is 19.3 Å². The van der Waals surface area contributed by atoms with Gasteiger partial charge in [-0.05, 0) is 42.7 Å². The minimum Gasteiger partial charge on any atom is -0.388 e. The fourth-order valence-electron chi connectivity index (χ4n) is 3.01. The second-order valence-corrected chi connectivity index (χ2v) is 6.81. The van der Waals surface area contributed by atoms with Gasteiger partial charge in [0, 0.05) is 22.9 Å². The molecule has 0 radical (unpaired) electrons. The lowest BCUT2D eigenvalue weighted by molar-refractivity contribution is 0.0974. The van der Waals surface area contributed by atoms with Gasteiger partial charge in [0.1, 0.15) is 5.84 Å². The number of benzene rings is 1. The number of aliphatic hydroxyl groups is 1. The Labute approximate surface area is 139 Å². The van der Waals surface area contributed by atoms with Gasteiger partial charge in [-0.2, -0.15) is 5.10 Å². The molecule has 23 heavy (non-hydrogen) atoms. The highest BCUT2D eigenvalue weighted by Gasteiger charge is 2.42. The zero-order valence-electron chi connectivity index (χ0n) is 12.7. The summed E-state index contributed by atoms with van der Waals surface area (Å²) in [5, 5.41) is 14.2. The Morgan fingerprint density at radius 2 is 2.22 bits per heavy atom. The summed E-state index contributed by atoms with van der Waals surface area (Å²) < 4.78 is 0. The molecular weight excluding hydrogens is 316 g/mol. The summed E-state index contributed by atoms with van der Waals surface area (Å²) in [6.45, 7) is 0. The fraction of sp³-hybridized carbons (Fsp3) is 0.500. The zero-order valence-corrected chi connectivity index (χ0v) is 13.5. The average molecular weight is 337 g/mol. The number of aliphatic hydroxyl groups excluding tert-OH is 1. The molecule has 0 aromatic heterocycles. The molecule has 6 nitrogen and oxygen atoms in total. The van der Waals surface area contributed by atoms with E-state index in [1.54, 1.807) is 18.2 Å². The van der Waals surface area contributed by atoms with Gasteiger partial charge in [0.15, 0.2) is 5.78 Å². The molecule has 1 unspecified atom stereocenters. The van der Waals surface area contributed by atoms with Gasteiger partial charge in [-0.25, -0.2) is 5.84 Å². The molecule has 2 saturated carbocycles. The minimum absolute atomic E-state index is 0.0280. The van der Waals surface area contributed by atoms with Gasteiger partial charge in [-0.3, -0.25) is 4.79 Å². The number of rotatable bonds is 6. The third-order valence-corrected chi connectivity index (χ3v) is 5.05. The number of nitrogens with zero attached hydrogens (tertiary/aromatic N) is 1. The third-order valence-electron chi connectivity index (χ3n) is 4.72. The predicted octanol–water partition coefficient (Wildman–Crippen LogP) is 1.73. The summed E-state index contributed by atoms with van der Waals surface area (Å²) in [7, 11) is 0. The lowest BCUT2D eigenvalue weighted by atomic mass is 9.99. The molecule has 0 amide bonds. The quantitative estimate of drug-likeness (QED) is 0.208. The summed E-state index contributed by atoms with van der Waals surface area (Å²) in [6.07, 6.45) is 2.78. The number of hydrazine groups is 1. The molecule has 0 aliphatic heterocycles. The van der Waals surface area contributed by atoms with Crippen LogP contribution in [0.15, 0.2) is 23.3 Å². The SMILES string of the molecule is N/N=C(\NN)[C@H]1C[C@@H]1CC(=O)c1ccc(C(O)C2CC2)c(Cl)c1. The molecule has 7 heteroatoms. The number of nitrogens with one attached hydrogen (secondary N) is 1. The first kappa shape index (κ1) is 16.2. The lowest BCUT2D eigenvalue weighted by Crippen LogP contribution is -2.33. The van der Waals surface area contributed by atoms with Crippen molar-refractivity contribution < 1.29 is 9.90 Å². The van der Waals surface area contributed by atoms with Crippen LogP contribution in [-0.4, -0.2) is 16.7 Å². The highest BCUT2D eigenvalue weighted by atomic mass is 35.5. The Hall–Kier alpha value is -1.63. The van der Waals surface area contributed by atoms with Crippen molar-refractivity contribution in [2.45, 2.75) is 31.8 Å². The van der Waals surface area contributed by atoms with E-state index in [2.05, 4.69) is 10.5 Å². The van der Waals surface area contributed by atoms with E-state index in [0.29, 0.717) is 34.3 Å². The molecule has 2 fully saturated rings. The maximum atomic E-state index is 12.4. The minimum atomic E-state index is -0.529. The van der Waals surface area contributed by atoms with Crippen molar-refractivity contribution in [2.24, 2.45) is 34.5 Å². The van der Waals surface area contributed by atoms with Crippen LogP contribution in [0.3, 0.4) is 0 Å². The molecule has 1 aromatic carbocycles. The molecule has 3 rings (SSSR count). The van der Waals surface area contributed by atoms with Gasteiger partial charge in [0.2, 0.25) is 0 Å². The number of carbonyl (C=O) groups is 1. The van der Waals surface area contributed by atoms with E-state index in [4.69, 9.17) is 23.3 Å². The van der Waals surface area contributed by atoms with Crippen LogP contribution in [-0.2, 0) is 0 Å². The van der Waals surface area contributed by atoms with Crippen molar-refractivity contribution >= 4 is 23.2 Å². The molecule has 3 atom stereocenters. The Morgan fingerprint density at radius 1 is 1.48 bits per heavy atom. The molecular formula is C16H21ClN4O2. The van der Waals surface area contributed by atoms with Gasteiger partial charge in [-0.1, -0.05) is 23.7 Å². The number of ketones is 1.